The van der Waals surface area contributed by atoms with Crippen LogP contribution in [-0.4, -0.2) is 57.1 Å². The molecule has 1 N–H and O–H groups in total. The normalized spacial score (nSPS) is 13.1. The van der Waals surface area contributed by atoms with Crippen LogP contribution in [0.5, 0.6) is 0 Å². The number of nitrogens with zero attached hydrogens (tertiary/aromatic N) is 2. The fourth-order valence-corrected chi connectivity index (χ4v) is 2.74. The van der Waals surface area contributed by atoms with Crippen LogP contribution in [0.15, 0.2) is 24.3 Å². The van der Waals surface area contributed by atoms with E-state index in [9.17, 15) is 0 Å². The first kappa shape index (κ1) is 18.1. The minimum absolute atomic E-state index is 0.449. The zero-order valence-corrected chi connectivity index (χ0v) is 14.5. The first-order chi connectivity index (χ1) is 10.1. The van der Waals surface area contributed by atoms with E-state index in [4.69, 9.17) is 0 Å². The van der Waals surface area contributed by atoms with Crippen molar-refractivity contribution < 1.29 is 0 Å². The highest BCUT2D eigenvalue weighted by Gasteiger charge is 2.13. The van der Waals surface area contributed by atoms with E-state index in [0.29, 0.717) is 6.04 Å². The van der Waals surface area contributed by atoms with Crippen LogP contribution in [0.3, 0.4) is 0 Å². The van der Waals surface area contributed by atoms with Crippen molar-refractivity contribution in [1.29, 1.82) is 0 Å². The third-order valence-electron chi connectivity index (χ3n) is 4.05. The number of hydrogen-bond acceptors (Lipinski definition) is 3. The molecule has 0 bridgehead atoms. The molecule has 0 aliphatic rings. The Kier molecular flexibility index (Phi) is 8.58. The summed E-state index contributed by atoms with van der Waals surface area (Å²) in [5, 5.41) is 3.48. The van der Waals surface area contributed by atoms with E-state index < -0.39 is 0 Å². The van der Waals surface area contributed by atoms with Crippen LogP contribution in [0.25, 0.3) is 0 Å². The van der Waals surface area contributed by atoms with Crippen LogP contribution in [-0.2, 0) is 0 Å². The van der Waals surface area contributed by atoms with Gasteiger partial charge in [-0.3, -0.25) is 0 Å². The molecule has 0 aromatic heterocycles. The molecule has 0 amide bonds. The first-order valence-electron chi connectivity index (χ1n) is 8.18. The minimum atomic E-state index is 0.449. The van der Waals surface area contributed by atoms with E-state index >= 15 is 0 Å². The van der Waals surface area contributed by atoms with Gasteiger partial charge in [0.15, 0.2) is 0 Å². The zero-order chi connectivity index (χ0) is 15.7. The van der Waals surface area contributed by atoms with Gasteiger partial charge in [0.25, 0.3) is 0 Å². The maximum Gasteiger partial charge on any atom is 0.0332 e. The molecule has 1 aromatic carbocycles. The smallest absolute Gasteiger partial charge is 0.0332 e. The highest BCUT2D eigenvalue weighted by molar-refractivity contribution is 5.28. The van der Waals surface area contributed by atoms with Crippen molar-refractivity contribution in [3.05, 3.63) is 35.4 Å². The molecule has 21 heavy (non-hydrogen) atoms. The van der Waals surface area contributed by atoms with Crippen molar-refractivity contribution in [3.63, 3.8) is 0 Å². The first-order valence-corrected chi connectivity index (χ1v) is 8.18. The summed E-state index contributed by atoms with van der Waals surface area (Å²) in [6.07, 6.45) is 2.39. The quantitative estimate of drug-likeness (QED) is 0.715. The predicted octanol–water partition coefficient (Wildman–Crippen LogP) is 2.92. The van der Waals surface area contributed by atoms with E-state index in [1.165, 1.54) is 24.1 Å². The summed E-state index contributed by atoms with van der Waals surface area (Å²) in [4.78, 5) is 4.85. The lowest BCUT2D eigenvalue weighted by Gasteiger charge is -2.26. The SMILES string of the molecule is CCCN(CCC(NC)c1ccccc1C)CCN(C)C. The lowest BCUT2D eigenvalue weighted by molar-refractivity contribution is 0.230. The van der Waals surface area contributed by atoms with E-state index in [0.717, 1.165) is 26.1 Å². The molecule has 0 heterocycles. The number of rotatable bonds is 10. The molecule has 0 spiro atoms. The molecule has 0 fully saturated rings. The average molecular weight is 291 g/mol. The molecule has 120 valence electrons. The lowest BCUT2D eigenvalue weighted by Crippen LogP contribution is -2.34. The summed E-state index contributed by atoms with van der Waals surface area (Å²) in [7, 11) is 6.36. The maximum absolute atomic E-state index is 3.48. The molecule has 1 aromatic rings. The second-order valence-corrected chi connectivity index (χ2v) is 6.13. The van der Waals surface area contributed by atoms with Gasteiger partial charge in [-0.25, -0.2) is 0 Å². The van der Waals surface area contributed by atoms with Gasteiger partial charge in [0.2, 0.25) is 0 Å². The summed E-state index contributed by atoms with van der Waals surface area (Å²) in [6.45, 7) is 9.11. The van der Waals surface area contributed by atoms with E-state index in [2.05, 4.69) is 74.4 Å². The number of benzene rings is 1. The van der Waals surface area contributed by atoms with Crippen LogP contribution < -0.4 is 5.32 Å². The van der Waals surface area contributed by atoms with E-state index in [1.54, 1.807) is 0 Å². The summed E-state index contributed by atoms with van der Waals surface area (Å²) in [6, 6.07) is 9.16. The summed E-state index contributed by atoms with van der Waals surface area (Å²) < 4.78 is 0. The van der Waals surface area contributed by atoms with Crippen molar-refractivity contribution >= 4 is 0 Å². The van der Waals surface area contributed by atoms with Crippen molar-refractivity contribution in [2.24, 2.45) is 0 Å². The van der Waals surface area contributed by atoms with Gasteiger partial charge in [0.05, 0.1) is 0 Å². The highest BCUT2D eigenvalue weighted by atomic mass is 15.2. The topological polar surface area (TPSA) is 18.5 Å². The number of aryl methyl sites for hydroxylation is 1. The molecule has 3 heteroatoms. The van der Waals surface area contributed by atoms with Gasteiger partial charge in [-0.2, -0.15) is 0 Å². The molecule has 3 nitrogen and oxygen atoms in total. The van der Waals surface area contributed by atoms with Crippen molar-refractivity contribution in [3.8, 4) is 0 Å². The molecule has 1 unspecified atom stereocenters. The maximum atomic E-state index is 3.48. The largest absolute Gasteiger partial charge is 0.313 e. The second kappa shape index (κ2) is 9.93. The van der Waals surface area contributed by atoms with Gasteiger partial charge in [-0.1, -0.05) is 31.2 Å². The Bertz CT molecular complexity index is 390. The molecule has 1 rings (SSSR count). The monoisotopic (exact) mass is 291 g/mol. The van der Waals surface area contributed by atoms with Crippen LogP contribution in [0.1, 0.15) is 36.9 Å². The van der Waals surface area contributed by atoms with Crippen molar-refractivity contribution in [2.75, 3.05) is 47.3 Å². The van der Waals surface area contributed by atoms with Crippen LogP contribution in [0.4, 0.5) is 0 Å². The van der Waals surface area contributed by atoms with Gasteiger partial charge >= 0.3 is 0 Å². The Hall–Kier alpha value is -0.900. The molecule has 0 saturated heterocycles. The zero-order valence-electron chi connectivity index (χ0n) is 14.5. The molecule has 0 saturated carbocycles. The van der Waals surface area contributed by atoms with Gasteiger partial charge in [0.1, 0.15) is 0 Å². The standard InChI is InChI=1S/C18H33N3/c1-6-12-21(15-14-20(4)5)13-11-18(19-3)17-10-8-7-9-16(17)2/h7-10,18-19H,6,11-15H2,1-5H3. The number of nitrogens with one attached hydrogen (secondary N) is 1. The third kappa shape index (κ3) is 6.60. The molecule has 0 aliphatic carbocycles. The van der Waals surface area contributed by atoms with Crippen LogP contribution in [0, 0.1) is 6.92 Å². The summed E-state index contributed by atoms with van der Waals surface area (Å²) in [5.74, 6) is 0. The molecule has 1 atom stereocenters. The van der Waals surface area contributed by atoms with E-state index in [-0.39, 0.29) is 0 Å². The Labute approximate surface area is 131 Å². The second-order valence-electron chi connectivity index (χ2n) is 6.13. The van der Waals surface area contributed by atoms with Crippen molar-refractivity contribution in [2.45, 2.75) is 32.7 Å². The fourth-order valence-electron chi connectivity index (χ4n) is 2.74. The van der Waals surface area contributed by atoms with Crippen molar-refractivity contribution in [1.82, 2.24) is 15.1 Å². The Morgan fingerprint density at radius 3 is 2.33 bits per heavy atom. The summed E-state index contributed by atoms with van der Waals surface area (Å²) in [5.41, 5.74) is 2.82. The Morgan fingerprint density at radius 2 is 1.76 bits per heavy atom. The Morgan fingerprint density at radius 1 is 1.05 bits per heavy atom. The fraction of sp³-hybridized carbons (Fsp3) is 0.667. The average Bonchev–Trinajstić information content (AvgIpc) is 2.46. The van der Waals surface area contributed by atoms with Gasteiger partial charge in [0, 0.05) is 19.1 Å². The van der Waals surface area contributed by atoms with Gasteiger partial charge < -0.3 is 15.1 Å². The lowest BCUT2D eigenvalue weighted by atomic mass is 9.98. The third-order valence-corrected chi connectivity index (χ3v) is 4.05. The molecule has 0 aliphatic heterocycles. The minimum Gasteiger partial charge on any atom is -0.313 e. The van der Waals surface area contributed by atoms with Crippen LogP contribution >= 0.6 is 0 Å². The molecular formula is C18H33N3. The highest BCUT2D eigenvalue weighted by Crippen LogP contribution is 2.20. The molecular weight excluding hydrogens is 258 g/mol. The number of hydrogen-bond donors (Lipinski definition) is 1. The molecule has 0 radical (unpaired) electrons. The van der Waals surface area contributed by atoms with E-state index in [1.807, 2.05) is 0 Å². The van der Waals surface area contributed by atoms with Gasteiger partial charge in [-0.15, -0.1) is 0 Å². The summed E-state index contributed by atoms with van der Waals surface area (Å²) >= 11 is 0. The number of likely N-dealkylation sites (N-methyl/N-ethyl adjacent to an activating group) is 1. The predicted molar refractivity (Wildman–Crippen MR) is 92.9 cm³/mol. The van der Waals surface area contributed by atoms with Gasteiger partial charge in [-0.05, 0) is 65.1 Å². The van der Waals surface area contributed by atoms with Crippen LogP contribution in [0.2, 0.25) is 0 Å². The Balaban J connectivity index is 2.57.